The van der Waals surface area contributed by atoms with Crippen LogP contribution in [0.5, 0.6) is 0 Å². The van der Waals surface area contributed by atoms with Crippen LogP contribution in [0, 0.1) is 13.8 Å². The molecule has 0 unspecified atom stereocenters. The average molecular weight is 403 g/mol. The molecule has 0 spiro atoms. The van der Waals surface area contributed by atoms with Crippen LogP contribution in [-0.4, -0.2) is 22.1 Å². The van der Waals surface area contributed by atoms with Crippen LogP contribution in [0.3, 0.4) is 0 Å². The SMILES string of the molecule is Cc1cc2nc(CC(=O)N/N=C/c3ccc(Cl)cc3Cl)c(=O)[nH]c2cc1C. The lowest BCUT2D eigenvalue weighted by atomic mass is 10.1. The van der Waals surface area contributed by atoms with Gasteiger partial charge in [-0.2, -0.15) is 5.10 Å². The van der Waals surface area contributed by atoms with E-state index in [0.717, 1.165) is 11.1 Å². The molecule has 0 bridgehead atoms. The maximum atomic E-state index is 12.2. The molecule has 0 aliphatic rings. The molecule has 0 atom stereocenters. The summed E-state index contributed by atoms with van der Waals surface area (Å²) < 4.78 is 0. The molecule has 0 radical (unpaired) electrons. The molecule has 1 heterocycles. The molecule has 1 aromatic heterocycles. The van der Waals surface area contributed by atoms with E-state index in [4.69, 9.17) is 23.2 Å². The fourth-order valence-corrected chi connectivity index (χ4v) is 2.93. The quantitative estimate of drug-likeness (QED) is 0.516. The van der Waals surface area contributed by atoms with Crippen LogP contribution in [0.4, 0.5) is 0 Å². The molecule has 8 heteroatoms. The number of benzene rings is 2. The summed E-state index contributed by atoms with van der Waals surface area (Å²) in [5, 5.41) is 4.78. The molecule has 0 fully saturated rings. The Labute approximate surface area is 165 Å². The minimum absolute atomic E-state index is 0.128. The van der Waals surface area contributed by atoms with E-state index in [-0.39, 0.29) is 12.1 Å². The third kappa shape index (κ3) is 4.53. The number of fused-ring (bicyclic) bond motifs is 1. The molecule has 2 N–H and O–H groups in total. The first-order chi connectivity index (χ1) is 12.8. The molecular weight excluding hydrogens is 387 g/mol. The Morgan fingerprint density at radius 3 is 2.70 bits per heavy atom. The van der Waals surface area contributed by atoms with Crippen molar-refractivity contribution in [2.24, 2.45) is 5.10 Å². The zero-order valence-electron chi connectivity index (χ0n) is 14.6. The highest BCUT2D eigenvalue weighted by Crippen LogP contribution is 2.19. The maximum Gasteiger partial charge on any atom is 0.270 e. The van der Waals surface area contributed by atoms with E-state index in [2.05, 4.69) is 20.5 Å². The molecule has 0 saturated carbocycles. The summed E-state index contributed by atoms with van der Waals surface area (Å²) in [7, 11) is 0. The first-order valence-corrected chi connectivity index (χ1v) is 8.86. The molecule has 2 aromatic carbocycles. The topological polar surface area (TPSA) is 87.2 Å². The lowest BCUT2D eigenvalue weighted by molar-refractivity contribution is -0.120. The summed E-state index contributed by atoms with van der Waals surface area (Å²) in [5.74, 6) is -0.461. The van der Waals surface area contributed by atoms with Crippen LogP contribution >= 0.6 is 23.2 Å². The molecule has 3 aromatic rings. The van der Waals surface area contributed by atoms with Gasteiger partial charge in [-0.3, -0.25) is 9.59 Å². The van der Waals surface area contributed by atoms with Gasteiger partial charge in [-0.1, -0.05) is 29.3 Å². The minimum atomic E-state index is -0.461. The first kappa shape index (κ1) is 19.1. The smallest absolute Gasteiger partial charge is 0.270 e. The summed E-state index contributed by atoms with van der Waals surface area (Å²) in [6.07, 6.45) is 1.21. The van der Waals surface area contributed by atoms with Crippen molar-refractivity contribution < 1.29 is 4.79 Å². The van der Waals surface area contributed by atoms with E-state index in [1.54, 1.807) is 18.2 Å². The Kier molecular flexibility index (Phi) is 5.58. The van der Waals surface area contributed by atoms with Gasteiger partial charge in [0.25, 0.3) is 5.56 Å². The molecule has 1 amide bonds. The van der Waals surface area contributed by atoms with Gasteiger partial charge in [0.15, 0.2) is 0 Å². The number of H-pyrrole nitrogens is 1. The van der Waals surface area contributed by atoms with E-state index in [1.165, 1.54) is 6.21 Å². The summed E-state index contributed by atoms with van der Waals surface area (Å²) in [4.78, 5) is 31.3. The van der Waals surface area contributed by atoms with Gasteiger partial charge in [-0.15, -0.1) is 0 Å². The number of aromatic amines is 1. The van der Waals surface area contributed by atoms with E-state index in [1.807, 2.05) is 26.0 Å². The van der Waals surface area contributed by atoms with Gasteiger partial charge in [0, 0.05) is 10.6 Å². The molecule has 138 valence electrons. The fourth-order valence-electron chi connectivity index (χ4n) is 2.48. The molecule has 0 aliphatic heterocycles. The third-order valence-electron chi connectivity index (χ3n) is 4.06. The van der Waals surface area contributed by atoms with Gasteiger partial charge in [0.2, 0.25) is 5.91 Å². The summed E-state index contributed by atoms with van der Waals surface area (Å²) in [6, 6.07) is 8.67. The second kappa shape index (κ2) is 7.90. The molecule has 0 saturated heterocycles. The Morgan fingerprint density at radius 2 is 1.96 bits per heavy atom. The number of aryl methyl sites for hydroxylation is 2. The molecule has 3 rings (SSSR count). The van der Waals surface area contributed by atoms with E-state index < -0.39 is 11.5 Å². The zero-order chi connectivity index (χ0) is 19.6. The monoisotopic (exact) mass is 402 g/mol. The summed E-state index contributed by atoms with van der Waals surface area (Å²) >= 11 is 11.9. The van der Waals surface area contributed by atoms with Crippen LogP contribution < -0.4 is 11.0 Å². The van der Waals surface area contributed by atoms with Crippen LogP contribution in [0.15, 0.2) is 40.2 Å². The van der Waals surface area contributed by atoms with Crippen LogP contribution in [0.25, 0.3) is 11.0 Å². The van der Waals surface area contributed by atoms with Crippen molar-refractivity contribution in [3.05, 3.63) is 73.1 Å². The summed E-state index contributed by atoms with van der Waals surface area (Å²) in [5.41, 5.74) is 6.09. The molecule has 6 nitrogen and oxygen atoms in total. The standard InChI is InChI=1S/C19H16Cl2N4O2/c1-10-5-15-16(6-11(10)2)24-19(27)17(23-15)8-18(26)25-22-9-12-3-4-13(20)7-14(12)21/h3-7,9H,8H2,1-2H3,(H,24,27)(H,25,26)/b22-9+. The van der Waals surface area contributed by atoms with Crippen molar-refractivity contribution in [3.8, 4) is 0 Å². The summed E-state index contributed by atoms with van der Waals surface area (Å²) in [6.45, 7) is 3.92. The van der Waals surface area contributed by atoms with Crippen molar-refractivity contribution >= 4 is 46.4 Å². The maximum absolute atomic E-state index is 12.2. The number of aromatic nitrogens is 2. The molecule has 0 aliphatic carbocycles. The number of rotatable bonds is 4. The van der Waals surface area contributed by atoms with Gasteiger partial charge < -0.3 is 4.98 Å². The number of nitrogens with zero attached hydrogens (tertiary/aromatic N) is 2. The highest BCUT2D eigenvalue weighted by atomic mass is 35.5. The zero-order valence-corrected chi connectivity index (χ0v) is 16.1. The van der Waals surface area contributed by atoms with Crippen molar-refractivity contribution in [1.29, 1.82) is 0 Å². The van der Waals surface area contributed by atoms with Gasteiger partial charge in [-0.25, -0.2) is 10.4 Å². The van der Waals surface area contributed by atoms with E-state index >= 15 is 0 Å². The van der Waals surface area contributed by atoms with Crippen molar-refractivity contribution in [3.63, 3.8) is 0 Å². The first-order valence-electron chi connectivity index (χ1n) is 8.10. The Morgan fingerprint density at radius 1 is 1.22 bits per heavy atom. The number of amides is 1. The van der Waals surface area contributed by atoms with Crippen LogP contribution in [-0.2, 0) is 11.2 Å². The van der Waals surface area contributed by atoms with Crippen molar-refractivity contribution in [1.82, 2.24) is 15.4 Å². The predicted octanol–water partition coefficient (Wildman–Crippen LogP) is 3.54. The third-order valence-corrected chi connectivity index (χ3v) is 4.62. The van der Waals surface area contributed by atoms with Gasteiger partial charge in [-0.05, 0) is 49.2 Å². The van der Waals surface area contributed by atoms with Crippen molar-refractivity contribution in [2.75, 3.05) is 0 Å². The second-order valence-electron chi connectivity index (χ2n) is 6.10. The lowest BCUT2D eigenvalue weighted by Gasteiger charge is -2.05. The number of hydrazone groups is 1. The van der Waals surface area contributed by atoms with E-state index in [0.29, 0.717) is 26.6 Å². The number of carbonyl (C=O) groups excluding carboxylic acids is 1. The lowest BCUT2D eigenvalue weighted by Crippen LogP contribution is -2.25. The highest BCUT2D eigenvalue weighted by Gasteiger charge is 2.11. The number of halogens is 2. The number of carbonyl (C=O) groups is 1. The number of nitrogens with one attached hydrogen (secondary N) is 2. The van der Waals surface area contributed by atoms with Gasteiger partial charge >= 0.3 is 0 Å². The van der Waals surface area contributed by atoms with Crippen molar-refractivity contribution in [2.45, 2.75) is 20.3 Å². The minimum Gasteiger partial charge on any atom is -0.319 e. The largest absolute Gasteiger partial charge is 0.319 e. The molecular formula is C19H16Cl2N4O2. The molecule has 27 heavy (non-hydrogen) atoms. The van der Waals surface area contributed by atoms with E-state index in [9.17, 15) is 9.59 Å². The Hall–Kier alpha value is -2.70. The normalized spacial score (nSPS) is 11.3. The predicted molar refractivity (Wildman–Crippen MR) is 108 cm³/mol. The van der Waals surface area contributed by atoms with Crippen LogP contribution in [0.1, 0.15) is 22.4 Å². The van der Waals surface area contributed by atoms with Gasteiger partial charge in [0.05, 0.1) is 28.7 Å². The average Bonchev–Trinajstić information content (AvgIpc) is 2.59. The second-order valence-corrected chi connectivity index (χ2v) is 6.95. The fraction of sp³-hybridized carbons (Fsp3) is 0.158. The number of hydrogen-bond acceptors (Lipinski definition) is 4. The Balaban J connectivity index is 1.73. The Bertz CT molecular complexity index is 1120. The highest BCUT2D eigenvalue weighted by molar-refractivity contribution is 6.36. The van der Waals surface area contributed by atoms with Gasteiger partial charge in [0.1, 0.15) is 5.69 Å². The number of hydrogen-bond donors (Lipinski definition) is 2. The van der Waals surface area contributed by atoms with Crippen LogP contribution in [0.2, 0.25) is 10.0 Å².